The summed E-state index contributed by atoms with van der Waals surface area (Å²) < 4.78 is 16.2. The molecule has 0 atom stereocenters. The number of carbonyl (C=O) groups excluding carboxylic acids is 1. The van der Waals surface area contributed by atoms with Gasteiger partial charge in [-0.1, -0.05) is 35.9 Å². The van der Waals surface area contributed by atoms with E-state index in [4.69, 9.17) is 14.2 Å². The number of aromatic nitrogens is 2. The Morgan fingerprint density at radius 1 is 1.00 bits per heavy atom. The van der Waals surface area contributed by atoms with Crippen LogP contribution in [0.3, 0.4) is 0 Å². The van der Waals surface area contributed by atoms with E-state index in [9.17, 15) is 9.59 Å². The van der Waals surface area contributed by atoms with Crippen molar-refractivity contribution in [2.24, 2.45) is 0 Å². The predicted octanol–water partition coefficient (Wildman–Crippen LogP) is 3.84. The second kappa shape index (κ2) is 8.18. The Hall–Kier alpha value is -3.61. The molecule has 27 heavy (non-hydrogen) atoms. The van der Waals surface area contributed by atoms with Crippen molar-refractivity contribution in [2.75, 3.05) is 6.61 Å². The summed E-state index contributed by atoms with van der Waals surface area (Å²) in [4.78, 5) is 31.2. The molecule has 1 heterocycles. The van der Waals surface area contributed by atoms with E-state index in [0.717, 1.165) is 5.56 Å². The van der Waals surface area contributed by atoms with Crippen molar-refractivity contribution in [3.05, 3.63) is 76.1 Å². The number of ether oxygens (including phenoxy) is 3. The van der Waals surface area contributed by atoms with Gasteiger partial charge in [-0.05, 0) is 38.1 Å². The fourth-order valence-electron chi connectivity index (χ4n) is 2.26. The van der Waals surface area contributed by atoms with E-state index in [-0.39, 0.29) is 24.1 Å². The lowest BCUT2D eigenvalue weighted by molar-refractivity contribution is 0.0520. The molecule has 0 amide bonds. The number of aryl methyl sites for hydroxylation is 1. The van der Waals surface area contributed by atoms with Crippen molar-refractivity contribution in [3.8, 4) is 23.4 Å². The Morgan fingerprint density at radius 3 is 2.33 bits per heavy atom. The first-order valence-electron chi connectivity index (χ1n) is 8.35. The second-order valence-corrected chi connectivity index (χ2v) is 5.60. The van der Waals surface area contributed by atoms with Gasteiger partial charge in [0.15, 0.2) is 5.56 Å². The quantitative estimate of drug-likeness (QED) is 0.667. The Bertz CT molecular complexity index is 982. The van der Waals surface area contributed by atoms with Crippen LogP contribution in [0.1, 0.15) is 22.8 Å². The molecule has 0 radical (unpaired) electrons. The van der Waals surface area contributed by atoms with Gasteiger partial charge in [0.25, 0.3) is 5.56 Å². The van der Waals surface area contributed by atoms with Gasteiger partial charge in [-0.2, -0.15) is 4.98 Å². The highest BCUT2D eigenvalue weighted by Gasteiger charge is 2.23. The minimum Gasteiger partial charge on any atom is -0.462 e. The molecule has 0 aliphatic heterocycles. The van der Waals surface area contributed by atoms with E-state index in [1.165, 1.54) is 0 Å². The molecule has 0 aliphatic carbocycles. The summed E-state index contributed by atoms with van der Waals surface area (Å²) >= 11 is 0. The molecular formula is C20H18N2O5. The van der Waals surface area contributed by atoms with E-state index in [0.29, 0.717) is 11.5 Å². The molecule has 0 unspecified atom stereocenters. The number of carbonyl (C=O) groups is 1. The molecule has 0 bridgehead atoms. The number of benzene rings is 2. The maximum atomic E-state index is 12.5. The van der Waals surface area contributed by atoms with Crippen molar-refractivity contribution < 1.29 is 19.0 Å². The Kier molecular flexibility index (Phi) is 5.51. The molecule has 1 aromatic heterocycles. The third kappa shape index (κ3) is 4.52. The van der Waals surface area contributed by atoms with Crippen molar-refractivity contribution in [2.45, 2.75) is 13.8 Å². The minimum absolute atomic E-state index is 0.0946. The summed E-state index contributed by atoms with van der Waals surface area (Å²) in [6.07, 6.45) is 0. The number of hydrogen-bond acceptors (Lipinski definition) is 6. The summed E-state index contributed by atoms with van der Waals surface area (Å²) in [5, 5.41) is 0. The van der Waals surface area contributed by atoms with Crippen LogP contribution in [0.2, 0.25) is 0 Å². The number of hydrogen-bond donors (Lipinski definition) is 1. The lowest BCUT2D eigenvalue weighted by Crippen LogP contribution is -2.22. The van der Waals surface area contributed by atoms with E-state index in [1.807, 2.05) is 25.1 Å². The van der Waals surface area contributed by atoms with Crippen molar-refractivity contribution in [1.82, 2.24) is 9.97 Å². The standard InChI is InChI=1S/C20H18N2O5/c1-3-25-19(24)16-17(23)21-20(27-15-11-9-13(2)10-12-15)22-18(16)26-14-7-5-4-6-8-14/h4-12H,3H2,1-2H3,(H,21,22,23). The molecule has 0 spiro atoms. The fourth-order valence-corrected chi connectivity index (χ4v) is 2.26. The van der Waals surface area contributed by atoms with E-state index in [2.05, 4.69) is 9.97 Å². The number of rotatable bonds is 6. The highest BCUT2D eigenvalue weighted by molar-refractivity contribution is 5.91. The number of para-hydroxylation sites is 1. The first-order valence-corrected chi connectivity index (χ1v) is 8.35. The summed E-state index contributed by atoms with van der Waals surface area (Å²) in [7, 11) is 0. The van der Waals surface area contributed by atoms with Gasteiger partial charge in [-0.3, -0.25) is 9.78 Å². The van der Waals surface area contributed by atoms with Gasteiger partial charge in [0, 0.05) is 0 Å². The van der Waals surface area contributed by atoms with Crippen LogP contribution >= 0.6 is 0 Å². The van der Waals surface area contributed by atoms with Crippen LogP contribution in [0.4, 0.5) is 0 Å². The number of H-pyrrole nitrogens is 1. The molecule has 0 saturated heterocycles. The van der Waals surface area contributed by atoms with Crippen LogP contribution in [0.15, 0.2) is 59.4 Å². The summed E-state index contributed by atoms with van der Waals surface area (Å²) in [6, 6.07) is 15.8. The van der Waals surface area contributed by atoms with Crippen LogP contribution in [0.25, 0.3) is 0 Å². The Balaban J connectivity index is 2.00. The summed E-state index contributed by atoms with van der Waals surface area (Å²) in [6.45, 7) is 3.71. The van der Waals surface area contributed by atoms with Crippen LogP contribution < -0.4 is 15.0 Å². The lowest BCUT2D eigenvalue weighted by Gasteiger charge is -2.11. The third-order valence-electron chi connectivity index (χ3n) is 3.54. The third-order valence-corrected chi connectivity index (χ3v) is 3.54. The fraction of sp³-hybridized carbons (Fsp3) is 0.150. The van der Waals surface area contributed by atoms with Gasteiger partial charge in [0.1, 0.15) is 11.5 Å². The summed E-state index contributed by atoms with van der Waals surface area (Å²) in [5.41, 5.74) is 0.0306. The van der Waals surface area contributed by atoms with E-state index in [1.54, 1.807) is 43.3 Å². The van der Waals surface area contributed by atoms with Gasteiger partial charge in [-0.25, -0.2) is 4.79 Å². The van der Waals surface area contributed by atoms with Crippen molar-refractivity contribution in [3.63, 3.8) is 0 Å². The minimum atomic E-state index is -0.820. The van der Waals surface area contributed by atoms with E-state index >= 15 is 0 Å². The SMILES string of the molecule is CCOC(=O)c1c(Oc2ccccc2)nc(Oc2ccc(C)cc2)[nH]c1=O. The van der Waals surface area contributed by atoms with Crippen LogP contribution in [0, 0.1) is 6.92 Å². The van der Waals surface area contributed by atoms with Crippen molar-refractivity contribution in [1.29, 1.82) is 0 Å². The molecule has 3 rings (SSSR count). The molecular weight excluding hydrogens is 348 g/mol. The predicted molar refractivity (Wildman–Crippen MR) is 98.6 cm³/mol. The molecule has 2 aromatic carbocycles. The number of aromatic amines is 1. The molecule has 1 N–H and O–H groups in total. The van der Waals surface area contributed by atoms with Gasteiger partial charge < -0.3 is 14.2 Å². The highest BCUT2D eigenvalue weighted by atomic mass is 16.5. The Labute approximate surface area is 155 Å². The zero-order valence-electron chi connectivity index (χ0n) is 14.9. The molecule has 7 nitrogen and oxygen atoms in total. The zero-order chi connectivity index (χ0) is 19.2. The van der Waals surface area contributed by atoms with Gasteiger partial charge in [0.2, 0.25) is 5.88 Å². The molecule has 0 saturated carbocycles. The number of nitrogens with zero attached hydrogens (tertiary/aromatic N) is 1. The molecule has 138 valence electrons. The van der Waals surface area contributed by atoms with Gasteiger partial charge >= 0.3 is 12.0 Å². The topological polar surface area (TPSA) is 90.5 Å². The number of nitrogens with one attached hydrogen (secondary N) is 1. The number of esters is 1. The van der Waals surface area contributed by atoms with E-state index < -0.39 is 11.5 Å². The average molecular weight is 366 g/mol. The monoisotopic (exact) mass is 366 g/mol. The largest absolute Gasteiger partial charge is 0.462 e. The van der Waals surface area contributed by atoms with Gasteiger partial charge in [0.05, 0.1) is 6.61 Å². The maximum Gasteiger partial charge on any atom is 0.349 e. The summed E-state index contributed by atoms with van der Waals surface area (Å²) in [5.74, 6) is -0.106. The first-order chi connectivity index (χ1) is 13.1. The maximum absolute atomic E-state index is 12.5. The first kappa shape index (κ1) is 18.2. The highest BCUT2D eigenvalue weighted by Crippen LogP contribution is 2.25. The lowest BCUT2D eigenvalue weighted by atomic mass is 10.2. The van der Waals surface area contributed by atoms with Crippen LogP contribution in [-0.4, -0.2) is 22.5 Å². The molecule has 3 aromatic rings. The van der Waals surface area contributed by atoms with Crippen molar-refractivity contribution >= 4 is 5.97 Å². The smallest absolute Gasteiger partial charge is 0.349 e. The molecule has 0 aliphatic rings. The normalized spacial score (nSPS) is 10.3. The molecule has 0 fully saturated rings. The van der Waals surface area contributed by atoms with Crippen LogP contribution in [-0.2, 0) is 4.74 Å². The average Bonchev–Trinajstić information content (AvgIpc) is 2.64. The van der Waals surface area contributed by atoms with Gasteiger partial charge in [-0.15, -0.1) is 0 Å². The zero-order valence-corrected chi connectivity index (χ0v) is 14.9. The van der Waals surface area contributed by atoms with Crippen LogP contribution in [0.5, 0.6) is 23.4 Å². The molecule has 7 heteroatoms. The Morgan fingerprint density at radius 2 is 1.67 bits per heavy atom. The second-order valence-electron chi connectivity index (χ2n) is 5.60.